The summed E-state index contributed by atoms with van der Waals surface area (Å²) in [6.45, 7) is 4.34. The Morgan fingerprint density at radius 1 is 1.31 bits per heavy atom. The van der Waals surface area contributed by atoms with Crippen molar-refractivity contribution in [2.45, 2.75) is 19.9 Å². The Balaban J connectivity index is 1.64. The van der Waals surface area contributed by atoms with E-state index in [2.05, 4.69) is 20.3 Å². The highest BCUT2D eigenvalue weighted by Gasteiger charge is 2.36. The van der Waals surface area contributed by atoms with E-state index < -0.39 is 11.7 Å². The first-order chi connectivity index (χ1) is 13.8. The van der Waals surface area contributed by atoms with Crippen LogP contribution < -0.4 is 11.1 Å². The second kappa shape index (κ2) is 7.36. The Hall–Kier alpha value is -3.14. The number of carbonyl (C=O) groups is 2. The Morgan fingerprint density at radius 3 is 2.76 bits per heavy atom. The third-order valence-electron chi connectivity index (χ3n) is 4.84. The molecular weight excluding hydrogens is 395 g/mol. The number of primary amides is 1. The number of pyridine rings is 1. The lowest BCUT2D eigenvalue weighted by molar-refractivity contribution is -0.125. The van der Waals surface area contributed by atoms with Crippen LogP contribution in [-0.4, -0.2) is 44.8 Å². The van der Waals surface area contributed by atoms with Gasteiger partial charge in [-0.1, -0.05) is 0 Å². The fourth-order valence-corrected chi connectivity index (χ4v) is 4.11. The summed E-state index contributed by atoms with van der Waals surface area (Å²) in [7, 11) is 0. The quantitative estimate of drug-likeness (QED) is 0.662. The van der Waals surface area contributed by atoms with Crippen molar-refractivity contribution in [3.05, 3.63) is 46.5 Å². The minimum Gasteiger partial charge on any atom is -0.369 e. The van der Waals surface area contributed by atoms with Crippen LogP contribution in [0.1, 0.15) is 33.9 Å². The monoisotopic (exact) mass is 414 g/mol. The molecule has 0 aliphatic carbocycles. The normalized spacial score (nSPS) is 15.2. The Labute approximate surface area is 170 Å². The minimum atomic E-state index is -0.432. The third-order valence-corrected chi connectivity index (χ3v) is 5.89. The molecule has 0 radical (unpaired) electrons. The zero-order valence-corrected chi connectivity index (χ0v) is 16.7. The van der Waals surface area contributed by atoms with Crippen molar-refractivity contribution < 1.29 is 14.0 Å². The number of anilines is 1. The zero-order chi connectivity index (χ0) is 20.7. The summed E-state index contributed by atoms with van der Waals surface area (Å²) in [5, 5.41) is 3.11. The van der Waals surface area contributed by atoms with E-state index in [9.17, 15) is 14.0 Å². The van der Waals surface area contributed by atoms with Gasteiger partial charge in [0.15, 0.2) is 5.69 Å². The van der Waals surface area contributed by atoms with Gasteiger partial charge in [0.25, 0.3) is 5.91 Å². The lowest BCUT2D eigenvalue weighted by Crippen LogP contribution is -2.54. The lowest BCUT2D eigenvalue weighted by Gasteiger charge is -2.37. The second-order valence-electron chi connectivity index (χ2n) is 7.08. The van der Waals surface area contributed by atoms with Gasteiger partial charge in [0.2, 0.25) is 11.9 Å². The van der Waals surface area contributed by atoms with Crippen LogP contribution >= 0.6 is 11.3 Å². The predicted molar refractivity (Wildman–Crippen MR) is 107 cm³/mol. The topological polar surface area (TPSA) is 114 Å². The molecule has 4 rings (SSSR count). The molecule has 0 aromatic carbocycles. The first-order valence-electron chi connectivity index (χ1n) is 9.05. The number of aromatic nitrogens is 3. The van der Waals surface area contributed by atoms with E-state index >= 15 is 0 Å². The third kappa shape index (κ3) is 3.75. The summed E-state index contributed by atoms with van der Waals surface area (Å²) in [5.41, 5.74) is 6.87. The van der Waals surface area contributed by atoms with Gasteiger partial charge >= 0.3 is 0 Å². The van der Waals surface area contributed by atoms with E-state index in [0.29, 0.717) is 15.8 Å². The smallest absolute Gasteiger partial charge is 0.274 e. The van der Waals surface area contributed by atoms with E-state index in [1.807, 2.05) is 19.9 Å². The maximum atomic E-state index is 13.5. The lowest BCUT2D eigenvalue weighted by atomic mass is 9.99. The molecule has 0 spiro atoms. The standard InChI is InChI=1S/C19H19FN6O2S/c1-9-3-14-16(29-9)15(18(28)26-7-12(8-26)17(21)27)25-19(24-14)23-10(2)11-4-13(20)6-22-5-11/h3-6,10,12H,7-8H2,1-2H3,(H2,21,27)(H,23,24,25)/t10-/m0/s1. The highest BCUT2D eigenvalue weighted by molar-refractivity contribution is 7.19. The van der Waals surface area contributed by atoms with Gasteiger partial charge in [0.1, 0.15) is 5.82 Å². The number of aryl methyl sites for hydroxylation is 1. The average Bonchev–Trinajstić information content (AvgIpc) is 2.99. The molecule has 150 valence electrons. The maximum absolute atomic E-state index is 13.5. The van der Waals surface area contributed by atoms with Gasteiger partial charge in [0, 0.05) is 24.2 Å². The predicted octanol–water partition coefficient (Wildman–Crippen LogP) is 2.26. The van der Waals surface area contributed by atoms with Crippen molar-refractivity contribution in [1.82, 2.24) is 19.9 Å². The summed E-state index contributed by atoms with van der Waals surface area (Å²) >= 11 is 1.44. The van der Waals surface area contributed by atoms with E-state index in [1.165, 1.54) is 17.4 Å². The molecule has 2 amide bonds. The van der Waals surface area contributed by atoms with Crippen LogP contribution in [0.25, 0.3) is 10.2 Å². The van der Waals surface area contributed by atoms with Gasteiger partial charge < -0.3 is 16.0 Å². The molecule has 1 saturated heterocycles. The van der Waals surface area contributed by atoms with Crippen LogP contribution in [-0.2, 0) is 4.79 Å². The Bertz CT molecular complexity index is 1110. The number of rotatable bonds is 5. The molecule has 1 aliphatic rings. The van der Waals surface area contributed by atoms with Crippen LogP contribution in [0.15, 0.2) is 24.5 Å². The number of halogens is 1. The number of thiophene rings is 1. The van der Waals surface area contributed by atoms with Crippen LogP contribution in [0, 0.1) is 18.7 Å². The number of nitrogens with one attached hydrogen (secondary N) is 1. The SMILES string of the molecule is Cc1cc2nc(N[C@@H](C)c3cncc(F)c3)nc(C(=O)N3CC(C(N)=O)C3)c2s1. The van der Waals surface area contributed by atoms with Crippen molar-refractivity contribution in [3.8, 4) is 0 Å². The number of hydrogen-bond donors (Lipinski definition) is 2. The number of carbonyl (C=O) groups excluding carboxylic acids is 2. The van der Waals surface area contributed by atoms with Crippen molar-refractivity contribution in [2.24, 2.45) is 11.7 Å². The minimum absolute atomic E-state index is 0.264. The van der Waals surface area contributed by atoms with Crippen LogP contribution in [0.3, 0.4) is 0 Å². The molecule has 1 fully saturated rings. The fourth-order valence-electron chi connectivity index (χ4n) is 3.17. The first kappa shape index (κ1) is 19.2. The summed E-state index contributed by atoms with van der Waals surface area (Å²) < 4.78 is 14.2. The van der Waals surface area contributed by atoms with Gasteiger partial charge in [-0.25, -0.2) is 14.4 Å². The molecule has 0 bridgehead atoms. The number of fused-ring (bicyclic) bond motifs is 1. The molecule has 1 atom stereocenters. The molecule has 0 unspecified atom stereocenters. The maximum Gasteiger partial charge on any atom is 0.274 e. The molecule has 29 heavy (non-hydrogen) atoms. The highest BCUT2D eigenvalue weighted by atomic mass is 32.1. The molecule has 3 aromatic heterocycles. The van der Waals surface area contributed by atoms with Gasteiger partial charge in [0.05, 0.1) is 28.4 Å². The van der Waals surface area contributed by atoms with Crippen LogP contribution in [0.4, 0.5) is 10.3 Å². The molecule has 8 nitrogen and oxygen atoms in total. The van der Waals surface area contributed by atoms with Crippen LogP contribution in [0.2, 0.25) is 0 Å². The van der Waals surface area contributed by atoms with Gasteiger partial charge in [-0.15, -0.1) is 11.3 Å². The zero-order valence-electron chi connectivity index (χ0n) is 15.8. The summed E-state index contributed by atoms with van der Waals surface area (Å²) in [6.07, 6.45) is 2.69. The first-order valence-corrected chi connectivity index (χ1v) is 9.87. The number of nitrogens with zero attached hydrogens (tertiary/aromatic N) is 4. The highest BCUT2D eigenvalue weighted by Crippen LogP contribution is 2.30. The van der Waals surface area contributed by atoms with E-state index in [0.717, 1.165) is 11.1 Å². The summed E-state index contributed by atoms with van der Waals surface area (Å²) in [6, 6.07) is 2.95. The van der Waals surface area contributed by atoms with E-state index in [-0.39, 0.29) is 42.6 Å². The molecule has 4 heterocycles. The second-order valence-corrected chi connectivity index (χ2v) is 8.34. The van der Waals surface area contributed by atoms with Gasteiger partial charge in [-0.05, 0) is 31.5 Å². The molecule has 3 aromatic rings. The molecule has 0 saturated carbocycles. The van der Waals surface area contributed by atoms with Crippen molar-refractivity contribution in [1.29, 1.82) is 0 Å². The number of amides is 2. The number of hydrogen-bond acceptors (Lipinski definition) is 7. The number of nitrogens with two attached hydrogens (primary N) is 1. The van der Waals surface area contributed by atoms with Crippen LogP contribution in [0.5, 0.6) is 0 Å². The van der Waals surface area contributed by atoms with Crippen molar-refractivity contribution in [2.75, 3.05) is 18.4 Å². The van der Waals surface area contributed by atoms with E-state index in [1.54, 1.807) is 11.1 Å². The molecule has 10 heteroatoms. The molecule has 1 aliphatic heterocycles. The Kier molecular flexibility index (Phi) is 4.87. The van der Waals surface area contributed by atoms with Gasteiger partial charge in [-0.2, -0.15) is 0 Å². The van der Waals surface area contributed by atoms with E-state index in [4.69, 9.17) is 5.73 Å². The summed E-state index contributed by atoms with van der Waals surface area (Å²) in [5.74, 6) is -1.16. The fraction of sp³-hybridized carbons (Fsp3) is 0.316. The Morgan fingerprint density at radius 2 is 2.07 bits per heavy atom. The number of likely N-dealkylation sites (tertiary alicyclic amines) is 1. The summed E-state index contributed by atoms with van der Waals surface area (Å²) in [4.78, 5) is 39.6. The van der Waals surface area contributed by atoms with Gasteiger partial charge in [-0.3, -0.25) is 14.6 Å². The largest absolute Gasteiger partial charge is 0.369 e. The van der Waals surface area contributed by atoms with Crippen molar-refractivity contribution in [3.63, 3.8) is 0 Å². The molecular formula is C19H19FN6O2S. The van der Waals surface area contributed by atoms with Crippen molar-refractivity contribution >= 4 is 39.3 Å². The molecule has 3 N–H and O–H groups in total. The average molecular weight is 414 g/mol.